The molecule has 0 spiro atoms. The Kier molecular flexibility index (Phi) is 3.88. The predicted molar refractivity (Wildman–Crippen MR) is 95.7 cm³/mol. The second-order valence-corrected chi connectivity index (χ2v) is 6.77. The Hall–Kier alpha value is -2.93. The minimum Gasteiger partial charge on any atom is -0.306 e. The number of nitrogens with zero attached hydrogens (tertiary/aromatic N) is 1. The van der Waals surface area contributed by atoms with Crippen LogP contribution >= 0.6 is 11.3 Å². The Labute approximate surface area is 149 Å². The quantitative estimate of drug-likeness (QED) is 0.501. The summed E-state index contributed by atoms with van der Waals surface area (Å²) in [6.45, 7) is 1.83. The van der Waals surface area contributed by atoms with Gasteiger partial charge in [0.2, 0.25) is 0 Å². The number of rotatable bonds is 2. The lowest BCUT2D eigenvalue weighted by Crippen LogP contribution is -2.09. The van der Waals surface area contributed by atoms with Gasteiger partial charge < -0.3 is 4.98 Å². The van der Waals surface area contributed by atoms with E-state index in [9.17, 15) is 18.0 Å². The van der Waals surface area contributed by atoms with Crippen LogP contribution in [0, 0.1) is 24.4 Å². The molecular formula is C19H11F3N2OS. The zero-order valence-electron chi connectivity index (χ0n) is 13.4. The van der Waals surface area contributed by atoms with Crippen molar-refractivity contribution in [3.63, 3.8) is 0 Å². The van der Waals surface area contributed by atoms with Gasteiger partial charge in [0.25, 0.3) is 5.56 Å². The predicted octanol–water partition coefficient (Wildman–Crippen LogP) is 5.04. The fourth-order valence-corrected chi connectivity index (χ4v) is 4.02. The molecule has 4 rings (SSSR count). The van der Waals surface area contributed by atoms with Gasteiger partial charge in [-0.3, -0.25) is 4.79 Å². The van der Waals surface area contributed by atoms with Crippen molar-refractivity contribution in [2.45, 2.75) is 6.92 Å². The lowest BCUT2D eigenvalue weighted by molar-refractivity contribution is 0.447. The van der Waals surface area contributed by atoms with Gasteiger partial charge in [-0.2, -0.15) is 0 Å². The maximum atomic E-state index is 13.5. The van der Waals surface area contributed by atoms with Crippen LogP contribution in [0.5, 0.6) is 0 Å². The lowest BCUT2D eigenvalue weighted by Gasteiger charge is -2.03. The van der Waals surface area contributed by atoms with E-state index in [4.69, 9.17) is 0 Å². The Morgan fingerprint density at radius 1 is 1.00 bits per heavy atom. The van der Waals surface area contributed by atoms with Crippen LogP contribution in [0.15, 0.2) is 47.3 Å². The molecule has 26 heavy (non-hydrogen) atoms. The summed E-state index contributed by atoms with van der Waals surface area (Å²) in [4.78, 5) is 20.7. The standard InChI is InChI=1S/C19H11F3N2OS/c1-9-14-18(25)23-17(11-7-12(20)15(22)13(21)8-11)24-19(14)26-16(9)10-5-3-2-4-6-10/h2-8H,1H3,(H,23,24,25). The average molecular weight is 372 g/mol. The van der Waals surface area contributed by atoms with Gasteiger partial charge >= 0.3 is 0 Å². The number of aryl methyl sites for hydroxylation is 1. The van der Waals surface area contributed by atoms with Crippen molar-refractivity contribution in [1.29, 1.82) is 0 Å². The van der Waals surface area contributed by atoms with Crippen LogP contribution in [0.3, 0.4) is 0 Å². The zero-order valence-corrected chi connectivity index (χ0v) is 14.3. The molecule has 0 atom stereocenters. The summed E-state index contributed by atoms with van der Waals surface area (Å²) in [5.74, 6) is -4.25. The Morgan fingerprint density at radius 3 is 2.31 bits per heavy atom. The molecule has 0 fully saturated rings. The molecule has 2 aromatic carbocycles. The van der Waals surface area contributed by atoms with Gasteiger partial charge in [-0.25, -0.2) is 18.2 Å². The first-order valence-electron chi connectivity index (χ1n) is 7.69. The van der Waals surface area contributed by atoms with E-state index in [1.165, 1.54) is 11.3 Å². The van der Waals surface area contributed by atoms with Crippen LogP contribution in [-0.4, -0.2) is 9.97 Å². The molecular weight excluding hydrogens is 361 g/mol. The second-order valence-electron chi connectivity index (χ2n) is 5.77. The largest absolute Gasteiger partial charge is 0.306 e. The topological polar surface area (TPSA) is 45.8 Å². The van der Waals surface area contributed by atoms with Crippen molar-refractivity contribution in [2.24, 2.45) is 0 Å². The summed E-state index contributed by atoms with van der Waals surface area (Å²) in [5.41, 5.74) is 1.29. The molecule has 0 unspecified atom stereocenters. The van der Waals surface area contributed by atoms with Crippen molar-refractivity contribution in [3.8, 4) is 21.8 Å². The highest BCUT2D eigenvalue weighted by Gasteiger charge is 2.18. The number of thiophene rings is 1. The minimum atomic E-state index is -1.56. The van der Waals surface area contributed by atoms with Gasteiger partial charge in [0.1, 0.15) is 10.7 Å². The molecule has 0 amide bonds. The maximum Gasteiger partial charge on any atom is 0.260 e. The third-order valence-corrected chi connectivity index (χ3v) is 5.33. The van der Waals surface area contributed by atoms with Crippen LogP contribution in [0.4, 0.5) is 13.2 Å². The second kappa shape index (κ2) is 6.10. The molecule has 1 N–H and O–H groups in total. The molecule has 2 heterocycles. The number of aromatic amines is 1. The van der Waals surface area contributed by atoms with E-state index in [-0.39, 0.29) is 11.4 Å². The van der Waals surface area contributed by atoms with Gasteiger partial charge in [0.05, 0.1) is 5.39 Å². The number of halogens is 3. The number of nitrogens with one attached hydrogen (secondary N) is 1. The first-order valence-corrected chi connectivity index (χ1v) is 8.51. The monoisotopic (exact) mass is 372 g/mol. The van der Waals surface area contributed by atoms with Crippen molar-refractivity contribution >= 4 is 21.6 Å². The summed E-state index contributed by atoms with van der Waals surface area (Å²) >= 11 is 1.32. The highest BCUT2D eigenvalue weighted by molar-refractivity contribution is 7.22. The zero-order chi connectivity index (χ0) is 18.4. The number of fused-ring (bicyclic) bond motifs is 1. The van der Waals surface area contributed by atoms with E-state index in [1.807, 2.05) is 37.3 Å². The van der Waals surface area contributed by atoms with E-state index in [1.54, 1.807) is 0 Å². The number of aromatic nitrogens is 2. The fraction of sp³-hybridized carbons (Fsp3) is 0.0526. The molecule has 0 saturated heterocycles. The number of benzene rings is 2. The first-order chi connectivity index (χ1) is 12.5. The molecule has 0 aliphatic rings. The summed E-state index contributed by atoms with van der Waals surface area (Å²) in [7, 11) is 0. The Balaban J connectivity index is 1.94. The number of hydrogen-bond acceptors (Lipinski definition) is 3. The van der Waals surface area contributed by atoms with Gasteiger partial charge in [0.15, 0.2) is 17.5 Å². The van der Waals surface area contributed by atoms with Crippen LogP contribution in [0.25, 0.3) is 32.0 Å². The molecule has 0 saturated carbocycles. The molecule has 0 aliphatic carbocycles. The molecule has 0 bridgehead atoms. The van der Waals surface area contributed by atoms with E-state index < -0.39 is 23.0 Å². The molecule has 0 radical (unpaired) electrons. The fourth-order valence-electron chi connectivity index (χ4n) is 2.84. The molecule has 7 heteroatoms. The lowest BCUT2D eigenvalue weighted by atomic mass is 10.1. The minimum absolute atomic E-state index is 0.0128. The van der Waals surface area contributed by atoms with Crippen molar-refractivity contribution in [1.82, 2.24) is 9.97 Å². The van der Waals surface area contributed by atoms with E-state index in [2.05, 4.69) is 9.97 Å². The van der Waals surface area contributed by atoms with Gasteiger partial charge in [0, 0.05) is 10.4 Å². The summed E-state index contributed by atoms with van der Waals surface area (Å²) in [5, 5.41) is 0.431. The third-order valence-electron chi connectivity index (χ3n) is 4.09. The highest BCUT2D eigenvalue weighted by atomic mass is 32.1. The van der Waals surface area contributed by atoms with Crippen molar-refractivity contribution < 1.29 is 13.2 Å². The summed E-state index contributed by atoms with van der Waals surface area (Å²) in [6, 6.07) is 11.2. The van der Waals surface area contributed by atoms with Gasteiger partial charge in [-0.1, -0.05) is 30.3 Å². The number of hydrogen-bond donors (Lipinski definition) is 1. The Morgan fingerprint density at radius 2 is 1.65 bits per heavy atom. The first kappa shape index (κ1) is 16.5. The summed E-state index contributed by atoms with van der Waals surface area (Å²) < 4.78 is 40.2. The maximum absolute atomic E-state index is 13.5. The van der Waals surface area contributed by atoms with Gasteiger partial charge in [-0.15, -0.1) is 11.3 Å². The average Bonchev–Trinajstić information content (AvgIpc) is 2.97. The van der Waals surface area contributed by atoms with E-state index in [0.29, 0.717) is 10.2 Å². The third kappa shape index (κ3) is 2.61. The number of H-pyrrole nitrogens is 1. The van der Waals surface area contributed by atoms with E-state index >= 15 is 0 Å². The normalized spacial score (nSPS) is 11.2. The summed E-state index contributed by atoms with van der Waals surface area (Å²) in [6.07, 6.45) is 0. The van der Waals surface area contributed by atoms with Crippen LogP contribution in [0.1, 0.15) is 5.56 Å². The molecule has 130 valence electrons. The van der Waals surface area contributed by atoms with Crippen LogP contribution in [0.2, 0.25) is 0 Å². The Bertz CT molecular complexity index is 1180. The highest BCUT2D eigenvalue weighted by Crippen LogP contribution is 2.36. The smallest absolute Gasteiger partial charge is 0.260 e. The SMILES string of the molecule is Cc1c(-c2ccccc2)sc2nc(-c3cc(F)c(F)c(F)c3)[nH]c(=O)c12. The van der Waals surface area contributed by atoms with Crippen molar-refractivity contribution in [3.05, 3.63) is 75.8 Å². The molecule has 0 aliphatic heterocycles. The molecule has 2 aromatic heterocycles. The molecule has 4 aromatic rings. The van der Waals surface area contributed by atoms with E-state index in [0.717, 1.165) is 28.1 Å². The van der Waals surface area contributed by atoms with Crippen LogP contribution in [-0.2, 0) is 0 Å². The molecule has 3 nitrogen and oxygen atoms in total. The van der Waals surface area contributed by atoms with Crippen LogP contribution < -0.4 is 5.56 Å². The van der Waals surface area contributed by atoms with Crippen molar-refractivity contribution in [2.75, 3.05) is 0 Å². The van der Waals surface area contributed by atoms with Gasteiger partial charge in [-0.05, 0) is 30.2 Å².